The van der Waals surface area contributed by atoms with Gasteiger partial charge in [0.2, 0.25) is 0 Å². The molecule has 1 saturated heterocycles. The largest absolute Gasteiger partial charge is 0.405 e. The zero-order valence-corrected chi connectivity index (χ0v) is 14.9. The number of carbonyl (C=O) groups is 1. The minimum atomic E-state index is -0.0908. The third kappa shape index (κ3) is 3.61. The lowest BCUT2D eigenvalue weighted by Crippen LogP contribution is -2.49. The zero-order valence-electron chi connectivity index (χ0n) is 14.9. The van der Waals surface area contributed by atoms with Crippen LogP contribution >= 0.6 is 0 Å². The Bertz CT molecular complexity index is 1010. The Morgan fingerprint density at radius 2 is 2.26 bits per heavy atom. The van der Waals surface area contributed by atoms with Crippen molar-refractivity contribution in [1.29, 1.82) is 5.26 Å². The van der Waals surface area contributed by atoms with Crippen LogP contribution in [-0.4, -0.2) is 34.6 Å². The molecule has 2 aromatic rings. The van der Waals surface area contributed by atoms with E-state index in [9.17, 15) is 4.79 Å². The van der Waals surface area contributed by atoms with E-state index in [-0.39, 0.29) is 11.8 Å². The van der Waals surface area contributed by atoms with Crippen molar-refractivity contribution in [3.05, 3.63) is 65.1 Å². The molecule has 3 rings (SSSR count). The summed E-state index contributed by atoms with van der Waals surface area (Å²) in [6.07, 6.45) is 10.2. The van der Waals surface area contributed by atoms with Gasteiger partial charge in [-0.15, -0.1) is 6.42 Å². The average Bonchev–Trinajstić information content (AvgIpc) is 3.02. The highest BCUT2D eigenvalue weighted by Gasteiger charge is 2.32. The summed E-state index contributed by atoms with van der Waals surface area (Å²) in [5.74, 6) is 2.42. The minimum Gasteiger partial charge on any atom is -0.405 e. The first-order valence-corrected chi connectivity index (χ1v) is 8.48. The molecule has 134 valence electrons. The number of terminal acetylenes is 1. The number of benzene rings is 1. The van der Waals surface area contributed by atoms with E-state index in [1.807, 2.05) is 25.1 Å². The zero-order chi connectivity index (χ0) is 19.4. The van der Waals surface area contributed by atoms with Crippen molar-refractivity contribution in [1.82, 2.24) is 9.88 Å². The highest BCUT2D eigenvalue weighted by Crippen LogP contribution is 2.23. The second kappa shape index (κ2) is 7.63. The molecular weight excluding hydrogens is 338 g/mol. The maximum Gasteiger partial charge on any atom is 0.255 e. The summed E-state index contributed by atoms with van der Waals surface area (Å²) in [6.45, 7) is 2.80. The third-order valence-corrected chi connectivity index (χ3v) is 4.49. The van der Waals surface area contributed by atoms with Crippen molar-refractivity contribution in [2.75, 3.05) is 13.1 Å². The normalized spacial score (nSPS) is 14.6. The molecule has 2 heterocycles. The number of amides is 1. The number of allylic oxidation sites excluding steroid dienone is 1. The Morgan fingerprint density at radius 1 is 1.48 bits per heavy atom. The van der Waals surface area contributed by atoms with E-state index in [2.05, 4.69) is 22.0 Å². The molecule has 0 saturated carbocycles. The molecule has 0 aliphatic carbocycles. The molecule has 27 heavy (non-hydrogen) atoms. The molecule has 0 bridgehead atoms. The first-order chi connectivity index (χ1) is 13.1. The summed E-state index contributed by atoms with van der Waals surface area (Å²) >= 11 is 0. The van der Waals surface area contributed by atoms with E-state index < -0.39 is 0 Å². The number of H-pyrrole nitrogens is 1. The van der Waals surface area contributed by atoms with Crippen molar-refractivity contribution in [3.63, 3.8) is 0 Å². The van der Waals surface area contributed by atoms with Gasteiger partial charge in [-0.2, -0.15) is 5.26 Å². The van der Waals surface area contributed by atoms with Crippen molar-refractivity contribution in [3.8, 4) is 18.4 Å². The number of nitrogens with two attached hydrogens (primary N) is 1. The van der Waals surface area contributed by atoms with Gasteiger partial charge in [0, 0.05) is 24.8 Å². The van der Waals surface area contributed by atoms with Crippen molar-refractivity contribution in [2.45, 2.75) is 6.92 Å². The van der Waals surface area contributed by atoms with Gasteiger partial charge in [0.25, 0.3) is 5.91 Å². The van der Waals surface area contributed by atoms with Crippen LogP contribution in [-0.2, 0) is 0 Å². The summed E-state index contributed by atoms with van der Waals surface area (Å²) < 4.78 is 0. The fourth-order valence-corrected chi connectivity index (χ4v) is 2.95. The summed E-state index contributed by atoms with van der Waals surface area (Å²) in [7, 11) is 0. The van der Waals surface area contributed by atoms with Gasteiger partial charge in [-0.1, -0.05) is 12.0 Å². The third-order valence-electron chi connectivity index (χ3n) is 4.49. The standard InChI is InChI=1S/C21H19N5O/c1-3-15-5-4-6-17(9-15)25-19(7-8-22)20-14(2)18(11-24-20)21(27)26-12-16(10-23)13-26/h1,4-9,11,16,24H,12-13,22H2,2H3/b8-7-,25-19?. The summed E-state index contributed by atoms with van der Waals surface area (Å²) in [5, 5.41) is 8.88. The second-order valence-corrected chi connectivity index (χ2v) is 6.29. The number of nitrogens with one attached hydrogen (secondary N) is 1. The number of aliphatic imine (C=N–C) groups is 1. The molecule has 1 aromatic carbocycles. The maximum absolute atomic E-state index is 12.6. The van der Waals surface area contributed by atoms with E-state index in [1.165, 1.54) is 6.20 Å². The number of carbonyl (C=O) groups excluding carboxylic acids is 1. The molecule has 0 unspecified atom stereocenters. The molecule has 1 amide bonds. The van der Waals surface area contributed by atoms with E-state index in [1.54, 1.807) is 23.2 Å². The van der Waals surface area contributed by atoms with Gasteiger partial charge in [0.15, 0.2) is 0 Å². The molecule has 3 N–H and O–H groups in total. The molecule has 0 atom stereocenters. The van der Waals surface area contributed by atoms with Crippen LogP contribution in [0, 0.1) is 36.5 Å². The van der Waals surface area contributed by atoms with E-state index >= 15 is 0 Å². The van der Waals surface area contributed by atoms with Gasteiger partial charge in [-0.25, -0.2) is 4.99 Å². The van der Waals surface area contributed by atoms with E-state index in [4.69, 9.17) is 17.4 Å². The number of likely N-dealkylation sites (tertiary alicyclic amines) is 1. The lowest BCUT2D eigenvalue weighted by atomic mass is 10.00. The summed E-state index contributed by atoms with van der Waals surface area (Å²) in [5.41, 5.74) is 9.68. The molecule has 0 spiro atoms. The number of aromatic nitrogens is 1. The van der Waals surface area contributed by atoms with Crippen molar-refractivity contribution in [2.24, 2.45) is 16.6 Å². The number of rotatable bonds is 4. The second-order valence-electron chi connectivity index (χ2n) is 6.29. The van der Waals surface area contributed by atoms with Gasteiger partial charge >= 0.3 is 0 Å². The van der Waals surface area contributed by atoms with Crippen molar-refractivity contribution < 1.29 is 4.79 Å². The molecule has 1 aliphatic heterocycles. The molecule has 1 aromatic heterocycles. The van der Waals surface area contributed by atoms with E-state index in [0.717, 1.165) is 11.1 Å². The van der Waals surface area contributed by atoms with Gasteiger partial charge in [0.05, 0.1) is 34.6 Å². The van der Waals surface area contributed by atoms with Crippen LogP contribution in [0.1, 0.15) is 27.2 Å². The van der Waals surface area contributed by atoms with Gasteiger partial charge in [0.1, 0.15) is 0 Å². The smallest absolute Gasteiger partial charge is 0.255 e. The Labute approximate surface area is 158 Å². The number of aromatic amines is 1. The van der Waals surface area contributed by atoms with Gasteiger partial charge < -0.3 is 15.6 Å². The Kier molecular flexibility index (Phi) is 5.10. The van der Waals surface area contributed by atoms with Crippen LogP contribution in [0.2, 0.25) is 0 Å². The van der Waals surface area contributed by atoms with Crippen LogP contribution in [0.25, 0.3) is 0 Å². The van der Waals surface area contributed by atoms with Crippen LogP contribution in [0.5, 0.6) is 0 Å². The van der Waals surface area contributed by atoms with Crippen LogP contribution in [0.4, 0.5) is 5.69 Å². The molecule has 1 fully saturated rings. The summed E-state index contributed by atoms with van der Waals surface area (Å²) in [4.78, 5) is 22.0. The predicted octanol–water partition coefficient (Wildman–Crippen LogP) is 2.49. The Morgan fingerprint density at radius 3 is 2.93 bits per heavy atom. The fourth-order valence-electron chi connectivity index (χ4n) is 2.95. The van der Waals surface area contributed by atoms with E-state index in [0.29, 0.717) is 35.7 Å². The quantitative estimate of drug-likeness (QED) is 0.650. The van der Waals surface area contributed by atoms with Gasteiger partial charge in [-0.3, -0.25) is 4.79 Å². The van der Waals surface area contributed by atoms with Crippen LogP contribution in [0.3, 0.4) is 0 Å². The minimum absolute atomic E-state index is 0.0756. The highest BCUT2D eigenvalue weighted by atomic mass is 16.2. The Hall–Kier alpha value is -3.77. The van der Waals surface area contributed by atoms with Crippen molar-refractivity contribution >= 4 is 17.3 Å². The highest BCUT2D eigenvalue weighted by molar-refractivity contribution is 6.11. The van der Waals surface area contributed by atoms with Crippen LogP contribution in [0.15, 0.2) is 47.7 Å². The molecule has 1 aliphatic rings. The Balaban J connectivity index is 1.92. The SMILES string of the molecule is C#Cc1cccc(N=C(/C=C\N)c2[nH]cc(C(=O)N3CC(C#N)C3)c2C)c1. The molecule has 6 heteroatoms. The first kappa shape index (κ1) is 18.0. The van der Waals surface area contributed by atoms with Gasteiger partial charge in [-0.05, 0) is 43.0 Å². The topological polar surface area (TPSA) is 98.3 Å². The average molecular weight is 357 g/mol. The lowest BCUT2D eigenvalue weighted by Gasteiger charge is -2.35. The molecule has 0 radical (unpaired) electrons. The first-order valence-electron chi connectivity index (χ1n) is 8.48. The number of hydrogen-bond donors (Lipinski definition) is 2. The van der Waals surface area contributed by atoms with Crippen LogP contribution < -0.4 is 5.73 Å². The molecule has 6 nitrogen and oxygen atoms in total. The number of hydrogen-bond acceptors (Lipinski definition) is 4. The molecular formula is C21H19N5O. The monoisotopic (exact) mass is 357 g/mol. The fraction of sp³-hybridized carbons (Fsp3) is 0.190. The summed E-state index contributed by atoms with van der Waals surface area (Å²) in [6, 6.07) is 9.48. The number of nitrogens with zero attached hydrogens (tertiary/aromatic N) is 3. The number of nitriles is 1. The predicted molar refractivity (Wildman–Crippen MR) is 104 cm³/mol. The maximum atomic E-state index is 12.6. The lowest BCUT2D eigenvalue weighted by molar-refractivity contribution is 0.0577.